The van der Waals surface area contributed by atoms with E-state index < -0.39 is 35.6 Å². The van der Waals surface area contributed by atoms with Crippen LogP contribution in [0.3, 0.4) is 0 Å². The maximum atomic E-state index is 13.1. The van der Waals surface area contributed by atoms with Crippen LogP contribution in [0, 0.1) is 5.41 Å². The highest BCUT2D eigenvalue weighted by atomic mass is 19.3. The Morgan fingerprint density at radius 1 is 1.35 bits per heavy atom. The van der Waals surface area contributed by atoms with E-state index in [1.165, 1.54) is 12.1 Å². The van der Waals surface area contributed by atoms with E-state index in [0.717, 1.165) is 0 Å². The lowest BCUT2D eigenvalue weighted by Gasteiger charge is -2.19. The van der Waals surface area contributed by atoms with Crippen LogP contribution in [0.5, 0.6) is 0 Å². The van der Waals surface area contributed by atoms with E-state index in [4.69, 9.17) is 10.5 Å². The van der Waals surface area contributed by atoms with Crippen molar-refractivity contribution in [2.45, 2.75) is 25.3 Å². The van der Waals surface area contributed by atoms with Gasteiger partial charge in [0.1, 0.15) is 5.54 Å². The highest BCUT2D eigenvalue weighted by Gasteiger charge is 2.79. The molecular formula is C14H15F2NO3. The number of ether oxygens (including phenoxy) is 1. The number of Topliss-reactive ketones (excluding diaryl/α,β-unsaturated/α-hetero) is 1. The molecule has 0 bridgehead atoms. The van der Waals surface area contributed by atoms with Crippen LogP contribution in [0.15, 0.2) is 30.3 Å². The van der Waals surface area contributed by atoms with Crippen molar-refractivity contribution in [3.63, 3.8) is 0 Å². The molecule has 0 amide bonds. The monoisotopic (exact) mass is 283 g/mol. The van der Waals surface area contributed by atoms with E-state index in [2.05, 4.69) is 0 Å². The SMILES string of the molecule is CCOC(=O)C1(C(=O)c2ccccc2)CC1(N)C(F)F. The summed E-state index contributed by atoms with van der Waals surface area (Å²) in [6, 6.07) is 7.80. The van der Waals surface area contributed by atoms with E-state index >= 15 is 0 Å². The number of hydrogen-bond acceptors (Lipinski definition) is 4. The maximum absolute atomic E-state index is 13.1. The number of ketones is 1. The second kappa shape index (κ2) is 4.94. The smallest absolute Gasteiger partial charge is 0.322 e. The Kier molecular flexibility index (Phi) is 3.60. The molecule has 0 aromatic heterocycles. The second-order valence-electron chi connectivity index (χ2n) is 4.84. The van der Waals surface area contributed by atoms with Crippen LogP contribution in [-0.2, 0) is 9.53 Å². The third-order valence-electron chi connectivity index (χ3n) is 3.66. The molecule has 0 aliphatic heterocycles. The van der Waals surface area contributed by atoms with Crippen molar-refractivity contribution >= 4 is 11.8 Å². The molecule has 0 radical (unpaired) electrons. The van der Waals surface area contributed by atoms with E-state index in [0.29, 0.717) is 0 Å². The summed E-state index contributed by atoms with van der Waals surface area (Å²) in [4.78, 5) is 24.5. The lowest BCUT2D eigenvalue weighted by atomic mass is 9.90. The Balaban J connectivity index is 2.41. The van der Waals surface area contributed by atoms with Crippen LogP contribution >= 0.6 is 0 Å². The van der Waals surface area contributed by atoms with Gasteiger partial charge in [0, 0.05) is 5.56 Å². The number of nitrogens with two attached hydrogens (primary N) is 1. The second-order valence-corrected chi connectivity index (χ2v) is 4.84. The molecule has 0 spiro atoms. The predicted molar refractivity (Wildman–Crippen MR) is 67.4 cm³/mol. The van der Waals surface area contributed by atoms with Gasteiger partial charge >= 0.3 is 5.97 Å². The van der Waals surface area contributed by atoms with Gasteiger partial charge in [-0.3, -0.25) is 9.59 Å². The van der Waals surface area contributed by atoms with Gasteiger partial charge in [-0.05, 0) is 13.3 Å². The first-order valence-corrected chi connectivity index (χ1v) is 6.24. The summed E-state index contributed by atoms with van der Waals surface area (Å²) in [6.45, 7) is 1.55. The average molecular weight is 283 g/mol. The van der Waals surface area contributed by atoms with E-state index in [1.54, 1.807) is 25.1 Å². The van der Waals surface area contributed by atoms with Gasteiger partial charge in [-0.2, -0.15) is 0 Å². The zero-order valence-electron chi connectivity index (χ0n) is 10.9. The minimum absolute atomic E-state index is 0.00196. The van der Waals surface area contributed by atoms with Gasteiger partial charge in [0.05, 0.1) is 6.61 Å². The molecule has 2 atom stereocenters. The van der Waals surface area contributed by atoms with Crippen LogP contribution < -0.4 is 5.73 Å². The molecule has 1 aromatic carbocycles. The van der Waals surface area contributed by atoms with E-state index in [9.17, 15) is 18.4 Å². The Morgan fingerprint density at radius 3 is 2.40 bits per heavy atom. The number of hydrogen-bond donors (Lipinski definition) is 1. The molecule has 1 aromatic rings. The maximum Gasteiger partial charge on any atom is 0.322 e. The van der Waals surface area contributed by atoms with Crippen molar-refractivity contribution in [1.29, 1.82) is 0 Å². The van der Waals surface area contributed by atoms with Crippen molar-refractivity contribution in [2.24, 2.45) is 11.1 Å². The Hall–Kier alpha value is -1.82. The van der Waals surface area contributed by atoms with Crippen molar-refractivity contribution < 1.29 is 23.1 Å². The molecule has 0 heterocycles. The molecule has 2 rings (SSSR count). The lowest BCUT2D eigenvalue weighted by molar-refractivity contribution is -0.149. The standard InChI is InChI=1S/C14H15F2NO3/c1-2-20-12(19)13(8-14(13,17)11(15)16)10(18)9-6-4-3-5-7-9/h3-7,11H,2,8,17H2,1H3. The fourth-order valence-corrected chi connectivity index (χ4v) is 2.39. The normalized spacial score (nSPS) is 28.2. The van der Waals surface area contributed by atoms with Crippen LogP contribution in [-0.4, -0.2) is 30.3 Å². The molecule has 20 heavy (non-hydrogen) atoms. The van der Waals surface area contributed by atoms with Gasteiger partial charge in [-0.15, -0.1) is 0 Å². The largest absolute Gasteiger partial charge is 0.465 e. The van der Waals surface area contributed by atoms with Gasteiger partial charge in [-0.1, -0.05) is 30.3 Å². The summed E-state index contributed by atoms with van der Waals surface area (Å²) in [5.74, 6) is -1.68. The zero-order valence-corrected chi connectivity index (χ0v) is 10.9. The molecule has 1 aliphatic carbocycles. The molecule has 108 valence electrons. The van der Waals surface area contributed by atoms with Crippen LogP contribution in [0.25, 0.3) is 0 Å². The van der Waals surface area contributed by atoms with Crippen molar-refractivity contribution in [3.8, 4) is 0 Å². The summed E-state index contributed by atoms with van der Waals surface area (Å²) >= 11 is 0. The summed E-state index contributed by atoms with van der Waals surface area (Å²) in [5.41, 5.74) is 1.62. The van der Waals surface area contributed by atoms with Crippen LogP contribution in [0.1, 0.15) is 23.7 Å². The third kappa shape index (κ3) is 1.91. The predicted octanol–water partition coefficient (Wildman–Crippen LogP) is 1.79. The minimum atomic E-state index is -2.97. The molecule has 6 heteroatoms. The molecule has 1 fully saturated rings. The van der Waals surface area contributed by atoms with Crippen molar-refractivity contribution in [3.05, 3.63) is 35.9 Å². The van der Waals surface area contributed by atoms with Crippen LogP contribution in [0.4, 0.5) is 8.78 Å². The molecular weight excluding hydrogens is 268 g/mol. The summed E-state index contributed by atoms with van der Waals surface area (Å²) in [7, 11) is 0. The van der Waals surface area contributed by atoms with Gasteiger partial charge in [0.2, 0.25) is 0 Å². The van der Waals surface area contributed by atoms with Crippen molar-refractivity contribution in [2.75, 3.05) is 6.61 Å². The van der Waals surface area contributed by atoms with Gasteiger partial charge < -0.3 is 10.5 Å². The van der Waals surface area contributed by atoms with Crippen molar-refractivity contribution in [1.82, 2.24) is 0 Å². The number of carbonyl (C=O) groups excluding carboxylic acids is 2. The number of alkyl halides is 2. The number of rotatable bonds is 5. The first kappa shape index (κ1) is 14.6. The lowest BCUT2D eigenvalue weighted by Crippen LogP contribution is -2.46. The topological polar surface area (TPSA) is 69.4 Å². The Labute approximate surface area is 114 Å². The molecule has 1 aliphatic rings. The molecule has 2 N–H and O–H groups in total. The third-order valence-corrected chi connectivity index (χ3v) is 3.66. The number of carbonyl (C=O) groups is 2. The van der Waals surface area contributed by atoms with E-state index in [1.807, 2.05) is 0 Å². The summed E-state index contributed by atoms with van der Waals surface area (Å²) in [6.07, 6.45) is -3.37. The molecule has 4 nitrogen and oxygen atoms in total. The highest BCUT2D eigenvalue weighted by Crippen LogP contribution is 2.60. The number of esters is 1. The number of benzene rings is 1. The fourth-order valence-electron chi connectivity index (χ4n) is 2.39. The van der Waals surface area contributed by atoms with Gasteiger partial charge in [0.15, 0.2) is 11.2 Å². The Morgan fingerprint density at radius 2 is 1.95 bits per heavy atom. The fraction of sp³-hybridized carbons (Fsp3) is 0.429. The highest BCUT2D eigenvalue weighted by molar-refractivity contribution is 6.17. The quantitative estimate of drug-likeness (QED) is 0.508. The van der Waals surface area contributed by atoms with Gasteiger partial charge in [-0.25, -0.2) is 8.78 Å². The van der Waals surface area contributed by atoms with Gasteiger partial charge in [0.25, 0.3) is 6.43 Å². The molecule has 2 unspecified atom stereocenters. The van der Waals surface area contributed by atoms with Crippen LogP contribution in [0.2, 0.25) is 0 Å². The average Bonchev–Trinajstić information content (AvgIpc) is 3.09. The summed E-state index contributed by atoms with van der Waals surface area (Å²) < 4.78 is 31.0. The first-order valence-electron chi connectivity index (χ1n) is 6.24. The summed E-state index contributed by atoms with van der Waals surface area (Å²) in [5, 5.41) is 0. The number of halogens is 2. The van der Waals surface area contributed by atoms with E-state index in [-0.39, 0.29) is 12.2 Å². The molecule has 0 saturated heterocycles. The Bertz CT molecular complexity index is 534. The first-order chi connectivity index (χ1) is 9.40. The zero-order chi connectivity index (χ0) is 15.0. The molecule has 1 saturated carbocycles. The minimum Gasteiger partial charge on any atom is -0.465 e.